The van der Waals surface area contributed by atoms with Crippen molar-refractivity contribution in [1.29, 1.82) is 0 Å². The molecule has 1 unspecified atom stereocenters. The standard InChI is InChI=1S/C17H19FN2O2.C13H15F3N2O2/c1-12(21)17(22)20-8-6-19(7-9-20)16-5-3-13-10-15(18)4-2-14(13)11-16;14-13(15,16)11-8-10(6-7-12(11)18(19)20)17-9-4-2-1-3-5-9/h2-5,10-12,21H,6-9H2,1H3;6-9,17H,1-5H2. The second-order valence-electron chi connectivity index (χ2n) is 10.6. The fourth-order valence-electron chi connectivity index (χ4n) is 5.34. The second-order valence-corrected chi connectivity index (χ2v) is 10.6. The van der Waals surface area contributed by atoms with Crippen LogP contribution in [0.5, 0.6) is 0 Å². The SMILES string of the molecule is CC(O)C(=O)N1CCN(c2ccc3cc(F)ccc3c2)CC1.O=[N+]([O-])c1ccc(NC2CCCCC2)cc1C(F)(F)F. The van der Waals surface area contributed by atoms with E-state index in [4.69, 9.17) is 0 Å². The van der Waals surface area contributed by atoms with Crippen molar-refractivity contribution >= 4 is 33.7 Å². The zero-order valence-corrected chi connectivity index (χ0v) is 23.2. The second kappa shape index (κ2) is 13.4. The molecule has 0 bridgehead atoms. The lowest BCUT2D eigenvalue weighted by Crippen LogP contribution is -2.51. The normalized spacial score (nSPS) is 16.9. The van der Waals surface area contributed by atoms with Crippen molar-refractivity contribution in [3.8, 4) is 0 Å². The van der Waals surface area contributed by atoms with Gasteiger partial charge in [0.1, 0.15) is 17.5 Å². The molecule has 1 saturated heterocycles. The lowest BCUT2D eigenvalue weighted by atomic mass is 9.95. The monoisotopic (exact) mass is 590 g/mol. The van der Waals surface area contributed by atoms with Crippen LogP contribution in [0, 0.1) is 15.9 Å². The number of aliphatic hydroxyl groups excluding tert-OH is 1. The number of carbonyl (C=O) groups is 1. The molecule has 1 amide bonds. The first-order valence-electron chi connectivity index (χ1n) is 14.0. The summed E-state index contributed by atoms with van der Waals surface area (Å²) in [6.45, 7) is 4.16. The fraction of sp³-hybridized carbons (Fsp3) is 0.433. The molecule has 2 fully saturated rings. The molecule has 3 aromatic rings. The minimum Gasteiger partial charge on any atom is -0.384 e. The molecule has 226 valence electrons. The number of nitro groups is 1. The summed E-state index contributed by atoms with van der Waals surface area (Å²) >= 11 is 0. The van der Waals surface area contributed by atoms with Gasteiger partial charge in [-0.3, -0.25) is 14.9 Å². The molecule has 2 aliphatic rings. The molecule has 1 atom stereocenters. The molecular weight excluding hydrogens is 556 g/mol. The topological polar surface area (TPSA) is 99.0 Å². The summed E-state index contributed by atoms with van der Waals surface area (Å²) in [5.41, 5.74) is -0.756. The number of nitrogens with zero attached hydrogens (tertiary/aromatic N) is 3. The van der Waals surface area contributed by atoms with Crippen LogP contribution in [0.1, 0.15) is 44.6 Å². The summed E-state index contributed by atoms with van der Waals surface area (Å²) in [6, 6.07) is 13.9. The van der Waals surface area contributed by atoms with Crippen LogP contribution in [0.25, 0.3) is 10.8 Å². The maximum absolute atomic E-state index is 13.2. The quantitative estimate of drug-likeness (QED) is 0.204. The van der Waals surface area contributed by atoms with E-state index in [9.17, 15) is 37.6 Å². The van der Waals surface area contributed by atoms with Gasteiger partial charge in [0.05, 0.1) is 4.92 Å². The van der Waals surface area contributed by atoms with Crippen LogP contribution >= 0.6 is 0 Å². The Morgan fingerprint density at radius 3 is 2.24 bits per heavy atom. The van der Waals surface area contributed by atoms with Gasteiger partial charge < -0.3 is 20.2 Å². The van der Waals surface area contributed by atoms with Crippen LogP contribution < -0.4 is 10.2 Å². The third kappa shape index (κ3) is 7.87. The Balaban J connectivity index is 0.000000194. The van der Waals surface area contributed by atoms with Crippen molar-refractivity contribution in [3.63, 3.8) is 0 Å². The van der Waals surface area contributed by atoms with Crippen molar-refractivity contribution in [1.82, 2.24) is 4.90 Å². The highest BCUT2D eigenvalue weighted by atomic mass is 19.4. The molecular formula is C30H34F4N4O4. The zero-order valence-electron chi connectivity index (χ0n) is 23.2. The molecule has 2 N–H and O–H groups in total. The third-order valence-corrected chi connectivity index (χ3v) is 7.57. The Bertz CT molecular complexity index is 1400. The average molecular weight is 591 g/mol. The third-order valence-electron chi connectivity index (χ3n) is 7.57. The summed E-state index contributed by atoms with van der Waals surface area (Å²) in [5.74, 6) is -0.445. The van der Waals surface area contributed by atoms with Gasteiger partial charge in [0.25, 0.3) is 11.6 Å². The van der Waals surface area contributed by atoms with Gasteiger partial charge in [0.15, 0.2) is 0 Å². The van der Waals surface area contributed by atoms with E-state index in [1.807, 2.05) is 18.2 Å². The number of carbonyl (C=O) groups excluding carboxylic acids is 1. The van der Waals surface area contributed by atoms with Gasteiger partial charge in [0, 0.05) is 49.7 Å². The summed E-state index contributed by atoms with van der Waals surface area (Å²) in [6.07, 6.45) is -0.592. The molecule has 8 nitrogen and oxygen atoms in total. The Labute approximate surface area is 241 Å². The van der Waals surface area contributed by atoms with Crippen molar-refractivity contribution in [2.75, 3.05) is 36.4 Å². The predicted octanol–water partition coefficient (Wildman–Crippen LogP) is 6.37. The van der Waals surface area contributed by atoms with Crippen LogP contribution in [0.3, 0.4) is 0 Å². The zero-order chi connectivity index (χ0) is 30.4. The number of aliphatic hydroxyl groups is 1. The first-order valence-corrected chi connectivity index (χ1v) is 14.0. The van der Waals surface area contributed by atoms with Crippen molar-refractivity contribution in [2.45, 2.75) is 57.3 Å². The molecule has 1 heterocycles. The number of fused-ring (bicyclic) bond motifs is 1. The van der Waals surface area contributed by atoms with Gasteiger partial charge in [-0.05, 0) is 66.9 Å². The number of nitrogens with one attached hydrogen (secondary N) is 1. The molecule has 1 aliphatic heterocycles. The number of piperazine rings is 1. The minimum atomic E-state index is -4.73. The van der Waals surface area contributed by atoms with Crippen LogP contribution in [0.2, 0.25) is 0 Å². The highest BCUT2D eigenvalue weighted by Crippen LogP contribution is 2.38. The largest absolute Gasteiger partial charge is 0.423 e. The summed E-state index contributed by atoms with van der Waals surface area (Å²) in [7, 11) is 0. The molecule has 0 radical (unpaired) electrons. The van der Waals surface area contributed by atoms with Gasteiger partial charge in [0.2, 0.25) is 0 Å². The molecule has 0 spiro atoms. The molecule has 1 aliphatic carbocycles. The number of amides is 1. The Morgan fingerprint density at radius 1 is 0.976 bits per heavy atom. The highest BCUT2D eigenvalue weighted by Gasteiger charge is 2.38. The first-order chi connectivity index (χ1) is 19.9. The van der Waals surface area contributed by atoms with Gasteiger partial charge in [-0.25, -0.2) is 4.39 Å². The number of alkyl halides is 3. The van der Waals surface area contributed by atoms with E-state index in [2.05, 4.69) is 10.2 Å². The first kappa shape index (κ1) is 31.0. The summed E-state index contributed by atoms with van der Waals surface area (Å²) in [5, 5.41) is 24.9. The Kier molecular flexibility index (Phi) is 9.87. The van der Waals surface area contributed by atoms with Crippen molar-refractivity contribution < 1.29 is 32.4 Å². The maximum atomic E-state index is 13.2. The van der Waals surface area contributed by atoms with Gasteiger partial charge >= 0.3 is 6.18 Å². The van der Waals surface area contributed by atoms with E-state index in [-0.39, 0.29) is 23.5 Å². The Hall–Kier alpha value is -3.93. The van der Waals surface area contributed by atoms with Gasteiger partial charge in [-0.1, -0.05) is 31.4 Å². The molecule has 0 aromatic heterocycles. The van der Waals surface area contributed by atoms with Crippen LogP contribution in [-0.4, -0.2) is 59.2 Å². The number of nitro benzene ring substituents is 1. The van der Waals surface area contributed by atoms with E-state index in [1.165, 1.54) is 25.1 Å². The van der Waals surface area contributed by atoms with Crippen molar-refractivity contribution in [2.24, 2.45) is 0 Å². The summed E-state index contributed by atoms with van der Waals surface area (Å²) < 4.78 is 51.7. The smallest absolute Gasteiger partial charge is 0.384 e. The lowest BCUT2D eigenvalue weighted by Gasteiger charge is -2.36. The number of hydrogen-bond acceptors (Lipinski definition) is 6. The van der Waals surface area contributed by atoms with Crippen LogP contribution in [-0.2, 0) is 11.0 Å². The van der Waals surface area contributed by atoms with E-state index in [1.54, 1.807) is 11.0 Å². The highest BCUT2D eigenvalue weighted by molar-refractivity contribution is 5.86. The summed E-state index contributed by atoms with van der Waals surface area (Å²) in [4.78, 5) is 25.3. The number of rotatable bonds is 5. The average Bonchev–Trinajstić information content (AvgIpc) is 2.97. The number of benzene rings is 3. The molecule has 1 saturated carbocycles. The molecule has 12 heteroatoms. The molecule has 5 rings (SSSR count). The van der Waals surface area contributed by atoms with Crippen LogP contribution in [0.4, 0.5) is 34.6 Å². The fourth-order valence-corrected chi connectivity index (χ4v) is 5.34. The van der Waals surface area contributed by atoms with Crippen LogP contribution in [0.15, 0.2) is 54.6 Å². The van der Waals surface area contributed by atoms with Gasteiger partial charge in [-0.2, -0.15) is 13.2 Å². The Morgan fingerprint density at radius 2 is 1.62 bits per heavy atom. The number of hydrogen-bond donors (Lipinski definition) is 2. The van der Waals surface area contributed by atoms with E-state index in [0.717, 1.165) is 73.8 Å². The minimum absolute atomic E-state index is 0.145. The molecule has 3 aromatic carbocycles. The van der Waals surface area contributed by atoms with E-state index >= 15 is 0 Å². The number of halogens is 4. The van der Waals surface area contributed by atoms with E-state index < -0.39 is 28.5 Å². The van der Waals surface area contributed by atoms with E-state index in [0.29, 0.717) is 13.1 Å². The maximum Gasteiger partial charge on any atom is 0.423 e. The number of anilines is 2. The van der Waals surface area contributed by atoms with Crippen molar-refractivity contribution in [3.05, 3.63) is 76.1 Å². The predicted molar refractivity (Wildman–Crippen MR) is 153 cm³/mol. The lowest BCUT2D eigenvalue weighted by molar-refractivity contribution is -0.388. The molecule has 42 heavy (non-hydrogen) atoms. The van der Waals surface area contributed by atoms with Gasteiger partial charge in [-0.15, -0.1) is 0 Å².